The van der Waals surface area contributed by atoms with E-state index in [4.69, 9.17) is 0 Å². The number of hydrogen-bond acceptors (Lipinski definition) is 2. The van der Waals surface area contributed by atoms with E-state index in [1.165, 1.54) is 12.8 Å². The molecule has 0 saturated heterocycles. The van der Waals surface area contributed by atoms with E-state index in [2.05, 4.69) is 19.9 Å². The van der Waals surface area contributed by atoms with Gasteiger partial charge in [-0.3, -0.25) is 0 Å². The van der Waals surface area contributed by atoms with Crippen LogP contribution in [-0.2, 0) is 37.3 Å². The molecule has 0 heterocycles. The molecule has 0 aliphatic heterocycles. The molecule has 1 fully saturated rings. The predicted octanol–water partition coefficient (Wildman–Crippen LogP) is 3.25. The Morgan fingerprint density at radius 3 is 2.48 bits per heavy atom. The Balaban J connectivity index is 1.97. The number of benzene rings is 1. The van der Waals surface area contributed by atoms with E-state index < -0.39 is 0 Å². The van der Waals surface area contributed by atoms with Gasteiger partial charge in [-0.15, -0.1) is 0 Å². The average Bonchev–Trinajstić information content (AvgIpc) is 2.70. The zero-order valence-electron chi connectivity index (χ0n) is 13.3. The molecule has 3 heteroatoms. The fourth-order valence-electron chi connectivity index (χ4n) is 3.45. The molecule has 21 heavy (non-hydrogen) atoms. The van der Waals surface area contributed by atoms with Crippen LogP contribution in [0.25, 0.3) is 0 Å². The molecule has 3 atom stereocenters. The first-order valence-corrected chi connectivity index (χ1v) is 10.6. The Morgan fingerprint density at radius 1 is 1.24 bits per heavy atom. The van der Waals surface area contributed by atoms with Crippen molar-refractivity contribution < 1.29 is 35.7 Å². The summed E-state index contributed by atoms with van der Waals surface area (Å²) in [6.45, 7) is 6.19. The first-order valence-electron chi connectivity index (χ1n) is 7.86. The van der Waals surface area contributed by atoms with Crippen molar-refractivity contribution in [3.63, 3.8) is 0 Å². The van der Waals surface area contributed by atoms with Crippen molar-refractivity contribution in [2.24, 2.45) is 17.8 Å². The molecule has 0 radical (unpaired) electrons. The van der Waals surface area contributed by atoms with Crippen molar-refractivity contribution in [1.82, 2.24) is 0 Å². The second kappa shape index (κ2) is 7.17. The van der Waals surface area contributed by atoms with E-state index in [1.54, 1.807) is 6.92 Å². The minimum atomic E-state index is 0.131. The third kappa shape index (κ3) is 4.24. The summed E-state index contributed by atoms with van der Waals surface area (Å²) in [5, 5.41) is 0. The maximum atomic E-state index is 12.3. The summed E-state index contributed by atoms with van der Waals surface area (Å²) in [6.07, 6.45) is 3.71. The standard InChI is InChI=1S/C18H23O2.Hg/c1-12-4-7-17(13(12)2)11-18(20)10-15-5-8-16(9-6-15)14(3)19;/h5-6,8,12-13,17H,4,7,10-11H2,1-3H3;. The second-order valence-electron chi connectivity index (χ2n) is 6.64. The van der Waals surface area contributed by atoms with E-state index >= 15 is 0 Å². The Labute approximate surface area is 143 Å². The fraction of sp³-hybridized carbons (Fsp3) is 0.556. The summed E-state index contributed by atoms with van der Waals surface area (Å²) in [5.74, 6) is 2.48. The Kier molecular flexibility index (Phi) is 5.76. The Bertz CT molecular complexity index is 550. The van der Waals surface area contributed by atoms with Crippen LogP contribution in [0.15, 0.2) is 18.2 Å². The van der Waals surface area contributed by atoms with Crippen LogP contribution in [0, 0.1) is 17.8 Å². The fourth-order valence-corrected chi connectivity index (χ4v) is 5.89. The summed E-state index contributed by atoms with van der Waals surface area (Å²) < 4.78 is 1.16. The average molecular weight is 472 g/mol. The van der Waals surface area contributed by atoms with Gasteiger partial charge in [0.2, 0.25) is 0 Å². The van der Waals surface area contributed by atoms with Crippen LogP contribution in [0.4, 0.5) is 0 Å². The van der Waals surface area contributed by atoms with Gasteiger partial charge < -0.3 is 0 Å². The molecule has 0 spiro atoms. The molecule has 2 rings (SSSR count). The molecule has 0 amide bonds. The summed E-state index contributed by atoms with van der Waals surface area (Å²) in [5.41, 5.74) is 1.92. The number of Topliss-reactive ketones (excluding diaryl/α,β-unsaturated/α-hetero) is 2. The van der Waals surface area contributed by atoms with E-state index in [0.717, 1.165) is 26.5 Å². The van der Waals surface area contributed by atoms with Gasteiger partial charge in [-0.25, -0.2) is 0 Å². The van der Waals surface area contributed by atoms with Crippen molar-refractivity contribution in [3.05, 3.63) is 29.3 Å². The molecule has 1 aromatic carbocycles. The van der Waals surface area contributed by atoms with Crippen LogP contribution in [0.1, 0.15) is 56.0 Å². The monoisotopic (exact) mass is 473 g/mol. The van der Waals surface area contributed by atoms with Crippen LogP contribution >= 0.6 is 0 Å². The number of carbonyl (C=O) groups excluding carboxylic acids is 2. The molecule has 109 valence electrons. The van der Waals surface area contributed by atoms with Gasteiger partial charge in [-0.1, -0.05) is 0 Å². The van der Waals surface area contributed by atoms with Gasteiger partial charge in [0, 0.05) is 0 Å². The topological polar surface area (TPSA) is 34.1 Å². The molecule has 0 aromatic heterocycles. The van der Waals surface area contributed by atoms with Crippen LogP contribution < -0.4 is 3.07 Å². The molecular formula is C18H23HgO2. The number of ketones is 2. The van der Waals surface area contributed by atoms with Crippen LogP contribution in [-0.4, -0.2) is 11.6 Å². The van der Waals surface area contributed by atoms with Crippen molar-refractivity contribution in [1.29, 1.82) is 0 Å². The quantitative estimate of drug-likeness (QED) is 0.488. The third-order valence-electron chi connectivity index (χ3n) is 5.07. The Morgan fingerprint density at radius 2 is 1.95 bits per heavy atom. The molecule has 0 N–H and O–H groups in total. The van der Waals surface area contributed by atoms with Crippen molar-refractivity contribution in [3.8, 4) is 0 Å². The molecule has 1 aromatic rings. The van der Waals surface area contributed by atoms with Gasteiger partial charge in [0.15, 0.2) is 0 Å². The molecule has 0 bridgehead atoms. The van der Waals surface area contributed by atoms with E-state index in [-0.39, 0.29) is 5.78 Å². The first kappa shape index (κ1) is 16.9. The van der Waals surface area contributed by atoms with Gasteiger partial charge >= 0.3 is 144 Å². The summed E-state index contributed by atoms with van der Waals surface area (Å²) >= 11 is 0.406. The van der Waals surface area contributed by atoms with Gasteiger partial charge in [0.1, 0.15) is 0 Å². The predicted molar refractivity (Wildman–Crippen MR) is 80.5 cm³/mol. The van der Waals surface area contributed by atoms with E-state index in [9.17, 15) is 9.59 Å². The van der Waals surface area contributed by atoms with Crippen LogP contribution in [0.2, 0.25) is 0 Å². The van der Waals surface area contributed by atoms with Gasteiger partial charge in [-0.05, 0) is 0 Å². The van der Waals surface area contributed by atoms with E-state index in [0.29, 0.717) is 50.2 Å². The molecule has 1 aliphatic rings. The summed E-state index contributed by atoms with van der Waals surface area (Å²) in [7, 11) is 0. The molecule has 2 nitrogen and oxygen atoms in total. The molecule has 1 saturated carbocycles. The second-order valence-corrected chi connectivity index (χ2v) is 9.60. The third-order valence-corrected chi connectivity index (χ3v) is 7.35. The molecule has 3 unspecified atom stereocenters. The molecule has 1 aliphatic carbocycles. The number of carbonyl (C=O) groups is 2. The van der Waals surface area contributed by atoms with Crippen molar-refractivity contribution in [2.45, 2.75) is 46.5 Å². The van der Waals surface area contributed by atoms with Gasteiger partial charge in [0.05, 0.1) is 0 Å². The maximum absolute atomic E-state index is 12.3. The zero-order chi connectivity index (χ0) is 15.6. The van der Waals surface area contributed by atoms with Crippen molar-refractivity contribution >= 4 is 14.6 Å². The normalized spacial score (nSPS) is 25.1. The number of hydrogen-bond donors (Lipinski definition) is 0. The zero-order valence-corrected chi connectivity index (χ0v) is 18.8. The number of rotatable bonds is 5. The van der Waals surface area contributed by atoms with Crippen LogP contribution in [0.5, 0.6) is 0 Å². The first-order chi connectivity index (χ1) is 9.88. The minimum absolute atomic E-state index is 0.131. The Hall–Kier alpha value is -0.505. The molecular weight excluding hydrogens is 449 g/mol. The summed E-state index contributed by atoms with van der Waals surface area (Å²) in [4.78, 5) is 23.8. The summed E-state index contributed by atoms with van der Waals surface area (Å²) in [6, 6.07) is 5.91. The van der Waals surface area contributed by atoms with Crippen molar-refractivity contribution in [2.75, 3.05) is 0 Å². The van der Waals surface area contributed by atoms with Crippen LogP contribution in [0.3, 0.4) is 0 Å². The van der Waals surface area contributed by atoms with Gasteiger partial charge in [0.25, 0.3) is 0 Å². The van der Waals surface area contributed by atoms with E-state index in [1.807, 2.05) is 12.1 Å². The van der Waals surface area contributed by atoms with Gasteiger partial charge in [-0.2, -0.15) is 0 Å². The SMILES string of the molecule is CC(=O)c1ccc(CC(=O)CC2CCC(C)C2C)c[c]1[Hg].